The molecule has 1 aromatic carbocycles. The molecule has 1 aliphatic heterocycles. The number of hydrogen-bond donors (Lipinski definition) is 1. The second-order valence-electron chi connectivity index (χ2n) is 3.74. The van der Waals surface area contributed by atoms with Gasteiger partial charge in [-0.15, -0.1) is 0 Å². The Morgan fingerprint density at radius 3 is 2.94 bits per heavy atom. The lowest BCUT2D eigenvalue weighted by Crippen LogP contribution is -2.16. The highest BCUT2D eigenvalue weighted by molar-refractivity contribution is 7.71. The van der Waals surface area contributed by atoms with Crippen molar-refractivity contribution in [3.05, 3.63) is 23.0 Å². The van der Waals surface area contributed by atoms with Crippen molar-refractivity contribution >= 4 is 12.2 Å². The van der Waals surface area contributed by atoms with Gasteiger partial charge in [-0.05, 0) is 24.4 Å². The molecule has 0 saturated carbocycles. The van der Waals surface area contributed by atoms with Gasteiger partial charge in [0.2, 0.25) is 0 Å². The van der Waals surface area contributed by atoms with E-state index in [0.29, 0.717) is 18.0 Å². The standard InChI is InChI=1S/C11H11N3O2S/c1-14-10(12-13-11(14)17)7-3-2-4-8-9(7)16-6-5-15-8/h2-4H,5-6H2,1H3,(H,13,17). The van der Waals surface area contributed by atoms with Gasteiger partial charge in [0.15, 0.2) is 22.1 Å². The predicted molar refractivity (Wildman–Crippen MR) is 64.8 cm³/mol. The monoisotopic (exact) mass is 249 g/mol. The largest absolute Gasteiger partial charge is 0.486 e. The Morgan fingerprint density at radius 1 is 1.35 bits per heavy atom. The summed E-state index contributed by atoms with van der Waals surface area (Å²) < 4.78 is 13.6. The van der Waals surface area contributed by atoms with E-state index in [4.69, 9.17) is 21.7 Å². The average molecular weight is 249 g/mol. The third-order valence-electron chi connectivity index (χ3n) is 2.69. The van der Waals surface area contributed by atoms with Crippen molar-refractivity contribution in [3.8, 4) is 22.9 Å². The summed E-state index contributed by atoms with van der Waals surface area (Å²) in [5, 5.41) is 6.97. The van der Waals surface area contributed by atoms with Gasteiger partial charge in [0, 0.05) is 7.05 Å². The van der Waals surface area contributed by atoms with Crippen molar-refractivity contribution in [2.75, 3.05) is 13.2 Å². The van der Waals surface area contributed by atoms with E-state index in [1.54, 1.807) is 0 Å². The molecule has 1 N–H and O–H groups in total. The van der Waals surface area contributed by atoms with E-state index in [9.17, 15) is 0 Å². The number of nitrogens with one attached hydrogen (secondary N) is 1. The Kier molecular flexibility index (Phi) is 2.36. The van der Waals surface area contributed by atoms with Crippen molar-refractivity contribution < 1.29 is 9.47 Å². The molecule has 6 heteroatoms. The maximum atomic E-state index is 5.65. The number of rotatable bonds is 1. The molecule has 3 rings (SSSR count). The highest BCUT2D eigenvalue weighted by atomic mass is 32.1. The van der Waals surface area contributed by atoms with E-state index >= 15 is 0 Å². The number of ether oxygens (including phenoxy) is 2. The third-order valence-corrected chi connectivity index (χ3v) is 3.05. The summed E-state index contributed by atoms with van der Waals surface area (Å²) in [5.74, 6) is 2.23. The van der Waals surface area contributed by atoms with E-state index in [0.717, 1.165) is 22.9 Å². The first-order valence-corrected chi connectivity index (χ1v) is 5.68. The van der Waals surface area contributed by atoms with Crippen LogP contribution in [-0.4, -0.2) is 28.0 Å². The quantitative estimate of drug-likeness (QED) is 0.784. The Bertz CT molecular complexity index is 617. The summed E-state index contributed by atoms with van der Waals surface area (Å²) in [6.45, 7) is 1.13. The minimum Gasteiger partial charge on any atom is -0.486 e. The van der Waals surface area contributed by atoms with Crippen LogP contribution in [0.15, 0.2) is 18.2 Å². The summed E-state index contributed by atoms with van der Waals surface area (Å²) >= 11 is 5.10. The summed E-state index contributed by atoms with van der Waals surface area (Å²) in [6.07, 6.45) is 0. The van der Waals surface area contributed by atoms with Gasteiger partial charge in [0.05, 0.1) is 5.56 Å². The Morgan fingerprint density at radius 2 is 2.18 bits per heavy atom. The van der Waals surface area contributed by atoms with Gasteiger partial charge in [0.1, 0.15) is 13.2 Å². The van der Waals surface area contributed by atoms with Crippen LogP contribution < -0.4 is 9.47 Å². The Hall–Kier alpha value is -1.82. The molecule has 0 fully saturated rings. The van der Waals surface area contributed by atoms with Crippen LogP contribution in [0.1, 0.15) is 0 Å². The van der Waals surface area contributed by atoms with E-state index in [2.05, 4.69) is 10.2 Å². The molecular weight excluding hydrogens is 238 g/mol. The van der Waals surface area contributed by atoms with Crippen LogP contribution in [0.25, 0.3) is 11.4 Å². The van der Waals surface area contributed by atoms with Crippen molar-refractivity contribution in [1.29, 1.82) is 0 Å². The molecule has 0 bridgehead atoms. The maximum absolute atomic E-state index is 5.65. The number of H-pyrrole nitrogens is 1. The molecule has 2 heterocycles. The third kappa shape index (κ3) is 1.61. The first kappa shape index (κ1) is 10.3. The average Bonchev–Trinajstić information content (AvgIpc) is 2.69. The van der Waals surface area contributed by atoms with Crippen LogP contribution in [0.3, 0.4) is 0 Å². The van der Waals surface area contributed by atoms with Crippen LogP contribution >= 0.6 is 12.2 Å². The number of hydrogen-bond acceptors (Lipinski definition) is 4. The molecular formula is C11H11N3O2S. The van der Waals surface area contributed by atoms with E-state index < -0.39 is 0 Å². The van der Waals surface area contributed by atoms with Gasteiger partial charge in [0.25, 0.3) is 0 Å². The van der Waals surface area contributed by atoms with E-state index in [-0.39, 0.29) is 0 Å². The zero-order valence-electron chi connectivity index (χ0n) is 9.27. The molecule has 2 aromatic rings. The van der Waals surface area contributed by atoms with Crippen LogP contribution in [0.2, 0.25) is 0 Å². The second-order valence-corrected chi connectivity index (χ2v) is 4.13. The lowest BCUT2D eigenvalue weighted by atomic mass is 10.1. The number of aromatic amines is 1. The number of para-hydroxylation sites is 1. The zero-order valence-corrected chi connectivity index (χ0v) is 10.1. The summed E-state index contributed by atoms with van der Waals surface area (Å²) in [7, 11) is 1.87. The van der Waals surface area contributed by atoms with Gasteiger partial charge < -0.3 is 14.0 Å². The summed E-state index contributed by atoms with van der Waals surface area (Å²) in [5.41, 5.74) is 0.886. The molecule has 88 valence electrons. The molecule has 0 spiro atoms. The summed E-state index contributed by atoms with van der Waals surface area (Å²) in [6, 6.07) is 5.75. The first-order chi connectivity index (χ1) is 8.27. The van der Waals surface area contributed by atoms with Crippen LogP contribution in [-0.2, 0) is 7.05 Å². The summed E-state index contributed by atoms with van der Waals surface area (Å²) in [4.78, 5) is 0. The van der Waals surface area contributed by atoms with Gasteiger partial charge >= 0.3 is 0 Å². The lowest BCUT2D eigenvalue weighted by molar-refractivity contribution is 0.172. The maximum Gasteiger partial charge on any atom is 0.195 e. The van der Waals surface area contributed by atoms with Gasteiger partial charge in [-0.1, -0.05) is 6.07 Å². The number of aromatic nitrogens is 3. The predicted octanol–water partition coefficient (Wildman–Crippen LogP) is 1.92. The smallest absolute Gasteiger partial charge is 0.195 e. The fourth-order valence-electron chi connectivity index (χ4n) is 1.84. The Balaban J connectivity index is 2.21. The number of benzene rings is 1. The molecule has 0 atom stereocenters. The van der Waals surface area contributed by atoms with Crippen molar-refractivity contribution in [3.63, 3.8) is 0 Å². The number of nitrogens with zero attached hydrogens (tertiary/aromatic N) is 2. The van der Waals surface area contributed by atoms with Crippen LogP contribution in [0.4, 0.5) is 0 Å². The molecule has 0 saturated heterocycles. The molecule has 0 unspecified atom stereocenters. The normalized spacial score (nSPS) is 13.7. The fraction of sp³-hybridized carbons (Fsp3) is 0.273. The van der Waals surface area contributed by atoms with E-state index in [1.807, 2.05) is 29.8 Å². The Labute approximate surface area is 103 Å². The second kappa shape index (κ2) is 3.89. The molecule has 0 aliphatic carbocycles. The number of fused-ring (bicyclic) bond motifs is 1. The van der Waals surface area contributed by atoms with Crippen LogP contribution in [0, 0.1) is 4.77 Å². The minimum absolute atomic E-state index is 0.554. The highest BCUT2D eigenvalue weighted by Gasteiger charge is 2.19. The van der Waals surface area contributed by atoms with Gasteiger partial charge in [-0.2, -0.15) is 5.10 Å². The van der Waals surface area contributed by atoms with Crippen molar-refractivity contribution in [2.45, 2.75) is 0 Å². The highest BCUT2D eigenvalue weighted by Crippen LogP contribution is 2.38. The molecule has 17 heavy (non-hydrogen) atoms. The lowest BCUT2D eigenvalue weighted by Gasteiger charge is -2.20. The van der Waals surface area contributed by atoms with E-state index in [1.165, 1.54) is 0 Å². The topological polar surface area (TPSA) is 52.1 Å². The molecule has 0 radical (unpaired) electrons. The SMILES string of the molecule is Cn1c(-c2cccc3c2OCCO3)n[nH]c1=S. The van der Waals surface area contributed by atoms with Gasteiger partial charge in [-0.3, -0.25) is 5.10 Å². The molecule has 0 amide bonds. The zero-order chi connectivity index (χ0) is 11.8. The van der Waals surface area contributed by atoms with Crippen molar-refractivity contribution in [2.24, 2.45) is 7.05 Å². The molecule has 5 nitrogen and oxygen atoms in total. The molecule has 1 aliphatic rings. The van der Waals surface area contributed by atoms with Crippen molar-refractivity contribution in [1.82, 2.24) is 14.8 Å². The first-order valence-electron chi connectivity index (χ1n) is 5.28. The fourth-order valence-corrected chi connectivity index (χ4v) is 1.97. The molecule has 1 aromatic heterocycles. The van der Waals surface area contributed by atoms with Gasteiger partial charge in [-0.25, -0.2) is 0 Å². The van der Waals surface area contributed by atoms with Crippen LogP contribution in [0.5, 0.6) is 11.5 Å². The minimum atomic E-state index is 0.554.